The number of aryl methyl sites for hydroxylation is 1. The number of carbonyl (C=O) groups excluding carboxylic acids is 1. The van der Waals surface area contributed by atoms with Crippen molar-refractivity contribution >= 4 is 21.6 Å². The molecule has 0 aliphatic rings. The molecule has 3 aromatic rings. The van der Waals surface area contributed by atoms with Crippen LogP contribution in [0.5, 0.6) is 0 Å². The SMILES string of the molecule is Cc1ccc(NC(=O)CN(Cc2ccccc2)S(=O)(=O)c2ccc(F)cc2)cc1. The number of nitrogens with zero attached hydrogens (tertiary/aromatic N) is 1. The van der Waals surface area contributed by atoms with Gasteiger partial charge < -0.3 is 5.32 Å². The summed E-state index contributed by atoms with van der Waals surface area (Å²) < 4.78 is 40.5. The molecular weight excluding hydrogens is 391 g/mol. The van der Waals surface area contributed by atoms with E-state index in [4.69, 9.17) is 0 Å². The molecule has 3 rings (SSSR count). The molecule has 0 spiro atoms. The van der Waals surface area contributed by atoms with Crippen molar-refractivity contribution in [3.8, 4) is 0 Å². The molecule has 0 saturated carbocycles. The van der Waals surface area contributed by atoms with Crippen LogP contribution in [0.4, 0.5) is 10.1 Å². The maximum Gasteiger partial charge on any atom is 0.243 e. The fraction of sp³-hybridized carbons (Fsp3) is 0.136. The summed E-state index contributed by atoms with van der Waals surface area (Å²) in [6.45, 7) is 1.58. The lowest BCUT2D eigenvalue weighted by molar-refractivity contribution is -0.116. The van der Waals surface area contributed by atoms with Crippen LogP contribution in [0.2, 0.25) is 0 Å². The Kier molecular flexibility index (Phi) is 6.41. The second-order valence-electron chi connectivity index (χ2n) is 6.63. The van der Waals surface area contributed by atoms with Gasteiger partial charge in [-0.3, -0.25) is 4.79 Å². The molecule has 0 aliphatic heterocycles. The zero-order chi connectivity index (χ0) is 20.9. The molecule has 0 saturated heterocycles. The van der Waals surface area contributed by atoms with Crippen molar-refractivity contribution in [2.24, 2.45) is 0 Å². The maximum atomic E-state index is 13.2. The Bertz CT molecular complexity index is 1070. The van der Waals surface area contributed by atoms with Crippen LogP contribution in [-0.2, 0) is 21.4 Å². The summed E-state index contributed by atoms with van der Waals surface area (Å²) in [5.41, 5.74) is 2.37. The summed E-state index contributed by atoms with van der Waals surface area (Å²) in [4.78, 5) is 12.5. The van der Waals surface area contributed by atoms with Gasteiger partial charge in [0.25, 0.3) is 0 Å². The van der Waals surface area contributed by atoms with Crippen molar-refractivity contribution in [3.05, 3.63) is 95.8 Å². The Labute approximate surface area is 169 Å². The van der Waals surface area contributed by atoms with Crippen molar-refractivity contribution in [1.82, 2.24) is 4.31 Å². The number of hydrogen-bond donors (Lipinski definition) is 1. The number of hydrogen-bond acceptors (Lipinski definition) is 3. The average molecular weight is 412 g/mol. The Morgan fingerprint density at radius 1 is 0.931 bits per heavy atom. The molecule has 5 nitrogen and oxygen atoms in total. The van der Waals surface area contributed by atoms with E-state index in [0.717, 1.165) is 27.6 Å². The molecule has 0 fully saturated rings. The number of rotatable bonds is 7. The first-order valence-corrected chi connectivity index (χ1v) is 10.4. The van der Waals surface area contributed by atoms with E-state index in [1.807, 2.05) is 25.1 Å². The Morgan fingerprint density at radius 3 is 2.17 bits per heavy atom. The first-order chi connectivity index (χ1) is 13.8. The Hall–Kier alpha value is -3.03. The van der Waals surface area contributed by atoms with Crippen LogP contribution in [0, 0.1) is 12.7 Å². The van der Waals surface area contributed by atoms with Crippen LogP contribution < -0.4 is 5.32 Å². The first kappa shape index (κ1) is 20.7. The second-order valence-corrected chi connectivity index (χ2v) is 8.56. The van der Waals surface area contributed by atoms with Crippen molar-refractivity contribution in [1.29, 1.82) is 0 Å². The summed E-state index contributed by atoms with van der Waals surface area (Å²) in [5.74, 6) is -0.994. The predicted molar refractivity (Wildman–Crippen MR) is 110 cm³/mol. The third-order valence-corrected chi connectivity index (χ3v) is 6.11. The van der Waals surface area contributed by atoms with Gasteiger partial charge >= 0.3 is 0 Å². The molecular formula is C22H21FN2O3S. The van der Waals surface area contributed by atoms with E-state index >= 15 is 0 Å². The average Bonchev–Trinajstić information content (AvgIpc) is 2.70. The zero-order valence-corrected chi connectivity index (χ0v) is 16.7. The number of benzene rings is 3. The normalized spacial score (nSPS) is 11.4. The number of sulfonamides is 1. The molecule has 0 radical (unpaired) electrons. The molecule has 1 N–H and O–H groups in total. The van der Waals surface area contributed by atoms with Gasteiger partial charge in [-0.1, -0.05) is 48.0 Å². The van der Waals surface area contributed by atoms with E-state index in [2.05, 4.69) is 5.32 Å². The highest BCUT2D eigenvalue weighted by Gasteiger charge is 2.27. The Balaban J connectivity index is 1.85. The molecule has 0 heterocycles. The van der Waals surface area contributed by atoms with Crippen LogP contribution in [-0.4, -0.2) is 25.2 Å². The summed E-state index contributed by atoms with van der Waals surface area (Å²) in [6.07, 6.45) is 0. The van der Waals surface area contributed by atoms with Gasteiger partial charge in [-0.05, 0) is 48.9 Å². The highest BCUT2D eigenvalue weighted by molar-refractivity contribution is 7.89. The molecule has 0 aliphatic carbocycles. The smallest absolute Gasteiger partial charge is 0.243 e. The minimum absolute atomic E-state index is 0.0157. The van der Waals surface area contributed by atoms with Crippen LogP contribution in [0.3, 0.4) is 0 Å². The van der Waals surface area contributed by atoms with Gasteiger partial charge in [0, 0.05) is 12.2 Å². The summed E-state index contributed by atoms with van der Waals surface area (Å²) in [7, 11) is -4.00. The minimum atomic E-state index is -4.00. The van der Waals surface area contributed by atoms with E-state index in [1.165, 1.54) is 12.1 Å². The lowest BCUT2D eigenvalue weighted by atomic mass is 10.2. The lowest BCUT2D eigenvalue weighted by Gasteiger charge is -2.22. The molecule has 0 atom stereocenters. The van der Waals surface area contributed by atoms with Gasteiger partial charge in [0.2, 0.25) is 15.9 Å². The van der Waals surface area contributed by atoms with E-state index in [9.17, 15) is 17.6 Å². The third-order valence-electron chi connectivity index (χ3n) is 4.31. The minimum Gasteiger partial charge on any atom is -0.325 e. The molecule has 7 heteroatoms. The molecule has 150 valence electrons. The number of amides is 1. The number of nitrogens with one attached hydrogen (secondary N) is 1. The van der Waals surface area contributed by atoms with E-state index in [0.29, 0.717) is 5.69 Å². The van der Waals surface area contributed by atoms with Crippen molar-refractivity contribution in [2.45, 2.75) is 18.4 Å². The highest BCUT2D eigenvalue weighted by atomic mass is 32.2. The monoisotopic (exact) mass is 412 g/mol. The van der Waals surface area contributed by atoms with Gasteiger partial charge in [-0.15, -0.1) is 0 Å². The van der Waals surface area contributed by atoms with Gasteiger partial charge in [-0.25, -0.2) is 12.8 Å². The Morgan fingerprint density at radius 2 is 1.55 bits per heavy atom. The highest BCUT2D eigenvalue weighted by Crippen LogP contribution is 2.19. The first-order valence-electron chi connectivity index (χ1n) is 9.01. The van der Waals surface area contributed by atoms with E-state index in [1.54, 1.807) is 36.4 Å². The van der Waals surface area contributed by atoms with Crippen LogP contribution >= 0.6 is 0 Å². The van der Waals surface area contributed by atoms with Gasteiger partial charge in [0.05, 0.1) is 11.4 Å². The number of carbonyl (C=O) groups is 1. The second kappa shape index (κ2) is 8.98. The molecule has 0 unspecified atom stereocenters. The summed E-state index contributed by atoms with van der Waals surface area (Å²) >= 11 is 0. The quantitative estimate of drug-likeness (QED) is 0.639. The fourth-order valence-corrected chi connectivity index (χ4v) is 4.15. The van der Waals surface area contributed by atoms with E-state index in [-0.39, 0.29) is 18.0 Å². The summed E-state index contributed by atoms with van der Waals surface area (Å²) in [6, 6.07) is 20.8. The standard InChI is InChI=1S/C22H21FN2O3S/c1-17-7-11-20(12-8-17)24-22(26)16-25(15-18-5-3-2-4-6-18)29(27,28)21-13-9-19(23)10-14-21/h2-14H,15-16H2,1H3,(H,24,26). The zero-order valence-electron chi connectivity index (χ0n) is 15.9. The van der Waals surface area contributed by atoms with Crippen molar-refractivity contribution < 1.29 is 17.6 Å². The molecule has 3 aromatic carbocycles. The van der Waals surface area contributed by atoms with Crippen molar-refractivity contribution in [2.75, 3.05) is 11.9 Å². The number of anilines is 1. The van der Waals surface area contributed by atoms with E-state index < -0.39 is 21.7 Å². The predicted octanol–water partition coefficient (Wildman–Crippen LogP) is 3.96. The van der Waals surface area contributed by atoms with Gasteiger partial charge in [0.15, 0.2) is 0 Å². The third kappa shape index (κ3) is 5.49. The van der Waals surface area contributed by atoms with Gasteiger partial charge in [0.1, 0.15) is 5.82 Å². The number of halogens is 1. The maximum absolute atomic E-state index is 13.2. The largest absolute Gasteiger partial charge is 0.325 e. The molecule has 0 aromatic heterocycles. The van der Waals surface area contributed by atoms with Crippen molar-refractivity contribution in [3.63, 3.8) is 0 Å². The van der Waals surface area contributed by atoms with Gasteiger partial charge in [-0.2, -0.15) is 4.31 Å². The van der Waals surface area contributed by atoms with Crippen LogP contribution in [0.25, 0.3) is 0 Å². The lowest BCUT2D eigenvalue weighted by Crippen LogP contribution is -2.37. The topological polar surface area (TPSA) is 66.5 Å². The summed E-state index contributed by atoms with van der Waals surface area (Å²) in [5, 5.41) is 2.71. The van der Waals surface area contributed by atoms with Crippen LogP contribution in [0.1, 0.15) is 11.1 Å². The fourth-order valence-electron chi connectivity index (χ4n) is 2.77. The molecule has 0 bridgehead atoms. The molecule has 1 amide bonds. The van der Waals surface area contributed by atoms with Crippen LogP contribution in [0.15, 0.2) is 83.8 Å². The molecule has 29 heavy (non-hydrogen) atoms.